The molecular weight excluding hydrogens is 436 g/mol. The van der Waals surface area contributed by atoms with E-state index in [1.54, 1.807) is 11.0 Å². The fourth-order valence-electron chi connectivity index (χ4n) is 8.49. The fraction of sp³-hybridized carbons (Fsp3) is 0.586. The van der Waals surface area contributed by atoms with E-state index in [2.05, 4.69) is 26.1 Å². The molecule has 1 heterocycles. The minimum absolute atomic E-state index is 0.163. The Labute approximate surface area is 208 Å². The van der Waals surface area contributed by atoms with Crippen LogP contribution in [0.1, 0.15) is 76.8 Å². The van der Waals surface area contributed by atoms with Gasteiger partial charge in [0.1, 0.15) is 18.1 Å². The topological polar surface area (TPSA) is 97.0 Å². The molecule has 182 valence electrons. The zero-order valence-electron chi connectivity index (χ0n) is 21.1. The van der Waals surface area contributed by atoms with Gasteiger partial charge in [0.2, 0.25) is 11.8 Å². The number of nitrogens with zero attached hydrogens (tertiary/aromatic N) is 3. The first-order valence-electron chi connectivity index (χ1n) is 12.9. The Balaban J connectivity index is 1.46. The maximum absolute atomic E-state index is 13.5. The van der Waals surface area contributed by atoms with E-state index in [0.717, 1.165) is 24.5 Å². The number of allylic oxidation sites excluding steroid dienone is 2. The number of anilines is 1. The first-order valence-corrected chi connectivity index (χ1v) is 12.9. The predicted octanol–water partition coefficient (Wildman–Crippen LogP) is 5.36. The molecule has 6 nitrogen and oxygen atoms in total. The average Bonchev–Trinajstić information content (AvgIpc) is 3.23. The third-order valence-corrected chi connectivity index (χ3v) is 9.96. The SMILES string of the molecule is CC1=C2N(C)C(=O)C(C(=O)Nc3ccc(C#N)c(C#N)c3)C[C@]2(C)[C@@H]2CC[C@]3(C)CCC[C@H]3[C@@H]2C1. The summed E-state index contributed by atoms with van der Waals surface area (Å²) in [6.07, 6.45) is 7.91. The van der Waals surface area contributed by atoms with E-state index >= 15 is 0 Å². The number of piperidine rings is 1. The standard InChI is InChI=1S/C29H34N4O2/c1-17-12-21-23-6-5-10-28(23,2)11-9-24(21)29(3)14-22(27(35)33(4)25(17)29)26(34)32-20-8-7-18(15-30)19(13-20)16-31/h7-8,13,21-24H,5-6,9-12,14H2,1-4H3,(H,32,34)/t21-,22?,23-,24+,28-,29+/m0/s1. The molecule has 0 aromatic heterocycles. The molecule has 0 radical (unpaired) electrons. The highest BCUT2D eigenvalue weighted by Gasteiger charge is 2.60. The number of benzene rings is 1. The molecule has 1 unspecified atom stereocenters. The van der Waals surface area contributed by atoms with Crippen molar-refractivity contribution in [2.75, 3.05) is 12.4 Å². The Hall–Kier alpha value is -3.12. The van der Waals surface area contributed by atoms with E-state index in [-0.39, 0.29) is 28.4 Å². The van der Waals surface area contributed by atoms with Gasteiger partial charge in [-0.05, 0) is 86.8 Å². The number of hydrogen-bond donors (Lipinski definition) is 1. The van der Waals surface area contributed by atoms with Crippen molar-refractivity contribution in [3.05, 3.63) is 40.6 Å². The van der Waals surface area contributed by atoms with E-state index in [1.807, 2.05) is 19.2 Å². The summed E-state index contributed by atoms with van der Waals surface area (Å²) in [7, 11) is 1.83. The van der Waals surface area contributed by atoms with Crippen molar-refractivity contribution in [3.63, 3.8) is 0 Å². The molecule has 2 saturated carbocycles. The summed E-state index contributed by atoms with van der Waals surface area (Å²) in [6, 6.07) is 8.64. The molecule has 1 saturated heterocycles. The summed E-state index contributed by atoms with van der Waals surface area (Å²) in [5.74, 6) is 0.544. The second-order valence-electron chi connectivity index (χ2n) is 11.8. The van der Waals surface area contributed by atoms with Crippen LogP contribution in [0.3, 0.4) is 0 Å². The predicted molar refractivity (Wildman–Crippen MR) is 132 cm³/mol. The van der Waals surface area contributed by atoms with Gasteiger partial charge >= 0.3 is 0 Å². The van der Waals surface area contributed by atoms with Gasteiger partial charge in [-0.15, -0.1) is 0 Å². The minimum atomic E-state index is -0.779. The molecular formula is C29H34N4O2. The molecule has 3 aliphatic carbocycles. The number of carbonyl (C=O) groups excluding carboxylic acids is 2. The fourth-order valence-corrected chi connectivity index (χ4v) is 8.49. The molecule has 4 aliphatic rings. The lowest BCUT2D eigenvalue weighted by Crippen LogP contribution is -2.57. The number of amides is 2. The van der Waals surface area contributed by atoms with Gasteiger partial charge in [-0.2, -0.15) is 10.5 Å². The molecule has 0 bridgehead atoms. The van der Waals surface area contributed by atoms with Crippen molar-refractivity contribution in [1.82, 2.24) is 4.90 Å². The highest BCUT2D eigenvalue weighted by atomic mass is 16.2. The number of likely N-dealkylation sites (tertiary alicyclic amines) is 1. The third-order valence-electron chi connectivity index (χ3n) is 9.96. The summed E-state index contributed by atoms with van der Waals surface area (Å²) < 4.78 is 0. The van der Waals surface area contributed by atoms with Crippen molar-refractivity contribution in [2.24, 2.45) is 34.5 Å². The molecule has 6 atom stereocenters. The molecule has 1 aromatic carbocycles. The van der Waals surface area contributed by atoms with Gasteiger partial charge in [0, 0.05) is 23.8 Å². The van der Waals surface area contributed by atoms with Gasteiger partial charge in [0.05, 0.1) is 11.1 Å². The van der Waals surface area contributed by atoms with Crippen LogP contribution < -0.4 is 5.32 Å². The Kier molecular flexibility index (Phi) is 5.55. The number of fused-ring (bicyclic) bond motifs is 5. The summed E-state index contributed by atoms with van der Waals surface area (Å²) in [5.41, 5.74) is 3.58. The van der Waals surface area contributed by atoms with Gasteiger partial charge in [-0.1, -0.05) is 25.8 Å². The lowest BCUT2D eigenvalue weighted by molar-refractivity contribution is -0.147. The van der Waals surface area contributed by atoms with Crippen molar-refractivity contribution >= 4 is 17.5 Å². The summed E-state index contributed by atoms with van der Waals surface area (Å²) in [5, 5.41) is 21.4. The quantitative estimate of drug-likeness (QED) is 0.588. The molecule has 6 heteroatoms. The van der Waals surface area contributed by atoms with Gasteiger partial charge < -0.3 is 10.2 Å². The van der Waals surface area contributed by atoms with Gasteiger partial charge in [0.25, 0.3) is 0 Å². The van der Waals surface area contributed by atoms with Crippen molar-refractivity contribution < 1.29 is 9.59 Å². The van der Waals surface area contributed by atoms with E-state index < -0.39 is 5.92 Å². The lowest BCUT2D eigenvalue weighted by Gasteiger charge is -2.59. The number of hydrogen-bond acceptors (Lipinski definition) is 4. The first-order chi connectivity index (χ1) is 16.6. The van der Waals surface area contributed by atoms with Crippen LogP contribution in [0.2, 0.25) is 0 Å². The van der Waals surface area contributed by atoms with E-state index in [9.17, 15) is 20.1 Å². The van der Waals surface area contributed by atoms with E-state index in [0.29, 0.717) is 29.4 Å². The van der Waals surface area contributed by atoms with Crippen LogP contribution in [0.5, 0.6) is 0 Å². The second kappa shape index (κ2) is 8.23. The maximum atomic E-state index is 13.5. The Morgan fingerprint density at radius 1 is 1.11 bits per heavy atom. The van der Waals surface area contributed by atoms with Gasteiger partial charge in [-0.3, -0.25) is 9.59 Å². The number of nitrogens with one attached hydrogen (secondary N) is 1. The van der Waals surface area contributed by atoms with Crippen molar-refractivity contribution in [2.45, 2.75) is 65.7 Å². The van der Waals surface area contributed by atoms with Crippen LogP contribution in [0.25, 0.3) is 0 Å². The molecule has 3 fully saturated rings. The maximum Gasteiger partial charge on any atom is 0.239 e. The summed E-state index contributed by atoms with van der Waals surface area (Å²) >= 11 is 0. The first kappa shape index (κ1) is 23.6. The number of nitriles is 2. The van der Waals surface area contributed by atoms with Crippen LogP contribution in [-0.2, 0) is 9.59 Å². The molecule has 1 aromatic rings. The van der Waals surface area contributed by atoms with Crippen LogP contribution in [0.4, 0.5) is 5.69 Å². The van der Waals surface area contributed by atoms with Crippen molar-refractivity contribution in [1.29, 1.82) is 10.5 Å². The Morgan fingerprint density at radius 3 is 2.57 bits per heavy atom. The van der Waals surface area contributed by atoms with Crippen LogP contribution in [0.15, 0.2) is 29.5 Å². The second-order valence-corrected chi connectivity index (χ2v) is 11.8. The molecule has 5 rings (SSSR count). The molecule has 35 heavy (non-hydrogen) atoms. The van der Waals surface area contributed by atoms with E-state index in [1.165, 1.54) is 43.4 Å². The highest BCUT2D eigenvalue weighted by Crippen LogP contribution is 2.65. The van der Waals surface area contributed by atoms with Crippen LogP contribution >= 0.6 is 0 Å². The molecule has 2 amide bonds. The Bertz CT molecular complexity index is 1220. The molecule has 1 N–H and O–H groups in total. The lowest BCUT2D eigenvalue weighted by atomic mass is 9.48. The summed E-state index contributed by atoms with van der Waals surface area (Å²) in [6.45, 7) is 6.96. The van der Waals surface area contributed by atoms with Crippen LogP contribution in [0, 0.1) is 57.2 Å². The zero-order chi connectivity index (χ0) is 25.1. The number of rotatable bonds is 2. The van der Waals surface area contributed by atoms with Gasteiger partial charge in [-0.25, -0.2) is 0 Å². The van der Waals surface area contributed by atoms with Crippen molar-refractivity contribution in [3.8, 4) is 12.1 Å². The monoisotopic (exact) mass is 470 g/mol. The number of carbonyl (C=O) groups is 2. The average molecular weight is 471 g/mol. The van der Waals surface area contributed by atoms with Gasteiger partial charge in [0.15, 0.2) is 0 Å². The van der Waals surface area contributed by atoms with Crippen LogP contribution in [-0.4, -0.2) is 23.8 Å². The molecule has 1 aliphatic heterocycles. The smallest absolute Gasteiger partial charge is 0.239 e. The van der Waals surface area contributed by atoms with E-state index in [4.69, 9.17) is 0 Å². The highest BCUT2D eigenvalue weighted by molar-refractivity contribution is 6.07. The minimum Gasteiger partial charge on any atom is -0.325 e. The Morgan fingerprint density at radius 2 is 1.86 bits per heavy atom. The molecule has 0 spiro atoms. The third kappa shape index (κ3) is 3.49. The largest absolute Gasteiger partial charge is 0.325 e. The zero-order valence-corrected chi connectivity index (χ0v) is 21.1. The normalized spacial score (nSPS) is 35.9. The summed E-state index contributed by atoms with van der Waals surface area (Å²) in [4.78, 5) is 28.7.